The SMILES string of the molecule is c1ccc(-c2ccc3c(c2)c2cc(-c4cccc5ccccc45)ccc2c2c(-c4ccc(N(c5ccccc5)c5ccccc5)cc4)c(-c4ccccc4)cc(-c4ccccc4)c32)cc1. The molecule has 0 amide bonds. The van der Waals surface area contributed by atoms with Gasteiger partial charge in [0.25, 0.3) is 0 Å². The number of benzene rings is 12. The Hall–Kier alpha value is -8.52. The molecule has 0 unspecified atom stereocenters. The van der Waals surface area contributed by atoms with E-state index in [1.807, 2.05) is 0 Å². The van der Waals surface area contributed by atoms with Crippen molar-refractivity contribution in [2.24, 2.45) is 0 Å². The van der Waals surface area contributed by atoms with E-state index in [2.05, 4.69) is 266 Å². The summed E-state index contributed by atoms with van der Waals surface area (Å²) in [6.07, 6.45) is 0. The highest BCUT2D eigenvalue weighted by molar-refractivity contribution is 6.33. The molecule has 0 N–H and O–H groups in total. The summed E-state index contributed by atoms with van der Waals surface area (Å²) in [5.41, 5.74) is 15.4. The lowest BCUT2D eigenvalue weighted by Gasteiger charge is -2.26. The van der Waals surface area contributed by atoms with Gasteiger partial charge < -0.3 is 4.90 Å². The third-order valence-electron chi connectivity index (χ3n) is 13.0. The van der Waals surface area contributed by atoms with Crippen LogP contribution in [0.5, 0.6) is 0 Å². The molecule has 0 aliphatic rings. The fourth-order valence-electron chi connectivity index (χ4n) is 10.0. The smallest absolute Gasteiger partial charge is 0.0462 e. The van der Waals surface area contributed by atoms with Gasteiger partial charge >= 0.3 is 0 Å². The lowest BCUT2D eigenvalue weighted by molar-refractivity contribution is 1.28. The van der Waals surface area contributed by atoms with Gasteiger partial charge in [-0.05, 0) is 153 Å². The van der Waals surface area contributed by atoms with Crippen molar-refractivity contribution in [2.45, 2.75) is 0 Å². The Morgan fingerprint density at radius 2 is 0.677 bits per heavy atom. The molecular formula is C64H43N. The fourth-order valence-corrected chi connectivity index (χ4v) is 10.0. The first-order valence-corrected chi connectivity index (χ1v) is 22.4. The van der Waals surface area contributed by atoms with Crippen LogP contribution in [0.2, 0.25) is 0 Å². The topological polar surface area (TPSA) is 3.24 Å². The number of hydrogen-bond donors (Lipinski definition) is 0. The van der Waals surface area contributed by atoms with E-state index in [-0.39, 0.29) is 0 Å². The van der Waals surface area contributed by atoms with E-state index < -0.39 is 0 Å². The van der Waals surface area contributed by atoms with Crippen LogP contribution in [0.4, 0.5) is 17.1 Å². The predicted molar refractivity (Wildman–Crippen MR) is 278 cm³/mol. The van der Waals surface area contributed by atoms with Crippen LogP contribution in [0.3, 0.4) is 0 Å². The molecular weight excluding hydrogens is 783 g/mol. The quantitative estimate of drug-likeness (QED) is 0.138. The lowest BCUT2D eigenvalue weighted by Crippen LogP contribution is -2.09. The molecule has 12 aromatic carbocycles. The number of fused-ring (bicyclic) bond motifs is 7. The van der Waals surface area contributed by atoms with Crippen molar-refractivity contribution in [3.05, 3.63) is 261 Å². The summed E-state index contributed by atoms with van der Waals surface area (Å²) in [7, 11) is 0. The minimum Gasteiger partial charge on any atom is -0.311 e. The second kappa shape index (κ2) is 16.3. The number of anilines is 3. The summed E-state index contributed by atoms with van der Waals surface area (Å²) in [4.78, 5) is 2.33. The molecule has 0 heterocycles. The van der Waals surface area contributed by atoms with Crippen LogP contribution in [0.1, 0.15) is 0 Å². The van der Waals surface area contributed by atoms with Crippen LogP contribution in [-0.2, 0) is 0 Å². The molecule has 0 aliphatic heterocycles. The van der Waals surface area contributed by atoms with E-state index in [4.69, 9.17) is 0 Å². The molecule has 0 saturated heterocycles. The second-order valence-electron chi connectivity index (χ2n) is 16.8. The Kier molecular flexibility index (Phi) is 9.58. The zero-order valence-electron chi connectivity index (χ0n) is 35.8. The monoisotopic (exact) mass is 825 g/mol. The zero-order chi connectivity index (χ0) is 43.1. The van der Waals surface area contributed by atoms with E-state index in [1.165, 1.54) is 93.2 Å². The van der Waals surface area contributed by atoms with Gasteiger partial charge in [0.1, 0.15) is 0 Å². The molecule has 0 atom stereocenters. The van der Waals surface area contributed by atoms with Gasteiger partial charge in [-0.15, -0.1) is 0 Å². The molecule has 0 radical (unpaired) electrons. The van der Waals surface area contributed by atoms with Crippen molar-refractivity contribution in [2.75, 3.05) is 4.90 Å². The average Bonchev–Trinajstić information content (AvgIpc) is 3.39. The Morgan fingerprint density at radius 3 is 1.31 bits per heavy atom. The average molecular weight is 826 g/mol. The van der Waals surface area contributed by atoms with Crippen LogP contribution in [0, 0.1) is 0 Å². The number of para-hydroxylation sites is 2. The van der Waals surface area contributed by atoms with Crippen LogP contribution in [0.15, 0.2) is 261 Å². The van der Waals surface area contributed by atoms with Crippen LogP contribution < -0.4 is 4.90 Å². The van der Waals surface area contributed by atoms with Gasteiger partial charge in [0, 0.05) is 17.1 Å². The maximum Gasteiger partial charge on any atom is 0.0462 e. The first-order valence-electron chi connectivity index (χ1n) is 22.4. The summed E-state index contributed by atoms with van der Waals surface area (Å²) in [5, 5.41) is 9.93. The Bertz CT molecular complexity index is 3610. The standard InChI is InChI=1S/C64H43N/c1-6-19-44(20-7-1)49-35-39-56-60(41-49)61-42-50(55-32-18-26-45-25-16-17-31-54(45)55)36-40-57(61)64-62(58(46-21-8-2-9-22-46)43-59(63(56)64)47-23-10-3-11-24-47)48-33-37-53(38-34-48)65(51-27-12-4-13-28-51)52-29-14-5-15-30-52/h1-43H. The van der Waals surface area contributed by atoms with Gasteiger partial charge in [0.05, 0.1) is 0 Å². The van der Waals surface area contributed by atoms with Crippen molar-refractivity contribution in [3.63, 3.8) is 0 Å². The third-order valence-corrected chi connectivity index (χ3v) is 13.0. The number of nitrogens with zero attached hydrogens (tertiary/aromatic N) is 1. The summed E-state index contributed by atoms with van der Waals surface area (Å²) in [5.74, 6) is 0. The summed E-state index contributed by atoms with van der Waals surface area (Å²) < 4.78 is 0. The molecule has 65 heavy (non-hydrogen) atoms. The molecule has 12 aromatic rings. The van der Waals surface area contributed by atoms with Crippen molar-refractivity contribution in [1.82, 2.24) is 0 Å². The van der Waals surface area contributed by atoms with Crippen LogP contribution in [0.25, 0.3) is 98.7 Å². The van der Waals surface area contributed by atoms with Crippen LogP contribution in [-0.4, -0.2) is 0 Å². The van der Waals surface area contributed by atoms with E-state index in [0.717, 1.165) is 22.6 Å². The first-order chi connectivity index (χ1) is 32.3. The van der Waals surface area contributed by atoms with Gasteiger partial charge in [-0.1, -0.05) is 206 Å². The normalized spacial score (nSPS) is 11.4. The number of rotatable bonds is 8. The third kappa shape index (κ3) is 6.82. The zero-order valence-corrected chi connectivity index (χ0v) is 35.8. The summed E-state index contributed by atoms with van der Waals surface area (Å²) >= 11 is 0. The van der Waals surface area contributed by atoms with Gasteiger partial charge in [0.15, 0.2) is 0 Å². The largest absolute Gasteiger partial charge is 0.311 e. The molecule has 0 aromatic heterocycles. The Balaban J connectivity index is 1.21. The highest BCUT2D eigenvalue weighted by Crippen LogP contribution is 2.50. The van der Waals surface area contributed by atoms with Crippen molar-refractivity contribution < 1.29 is 0 Å². The summed E-state index contributed by atoms with van der Waals surface area (Å²) in [6.45, 7) is 0. The van der Waals surface area contributed by atoms with Gasteiger partial charge in [-0.3, -0.25) is 0 Å². The van der Waals surface area contributed by atoms with E-state index in [1.54, 1.807) is 0 Å². The van der Waals surface area contributed by atoms with Gasteiger partial charge in [-0.2, -0.15) is 0 Å². The minimum atomic E-state index is 1.10. The molecule has 304 valence electrons. The van der Waals surface area contributed by atoms with E-state index in [0.29, 0.717) is 0 Å². The molecule has 1 heteroatoms. The molecule has 0 fully saturated rings. The summed E-state index contributed by atoms with van der Waals surface area (Å²) in [6, 6.07) is 95.4. The van der Waals surface area contributed by atoms with E-state index >= 15 is 0 Å². The van der Waals surface area contributed by atoms with Gasteiger partial charge in [-0.25, -0.2) is 0 Å². The minimum absolute atomic E-state index is 1.10. The molecule has 0 saturated carbocycles. The Labute approximate surface area is 379 Å². The Morgan fingerprint density at radius 1 is 0.215 bits per heavy atom. The van der Waals surface area contributed by atoms with E-state index in [9.17, 15) is 0 Å². The molecule has 0 spiro atoms. The molecule has 12 rings (SSSR count). The van der Waals surface area contributed by atoms with Crippen molar-refractivity contribution in [1.29, 1.82) is 0 Å². The number of hydrogen-bond acceptors (Lipinski definition) is 1. The fraction of sp³-hybridized carbons (Fsp3) is 0. The van der Waals surface area contributed by atoms with Crippen LogP contribution >= 0.6 is 0 Å². The highest BCUT2D eigenvalue weighted by atomic mass is 15.1. The second-order valence-corrected chi connectivity index (χ2v) is 16.8. The molecule has 0 bridgehead atoms. The van der Waals surface area contributed by atoms with Gasteiger partial charge in [0.2, 0.25) is 0 Å². The molecule has 1 nitrogen and oxygen atoms in total. The first kappa shape index (κ1) is 38.2. The highest BCUT2D eigenvalue weighted by Gasteiger charge is 2.23. The van der Waals surface area contributed by atoms with Crippen molar-refractivity contribution >= 4 is 60.2 Å². The lowest BCUT2D eigenvalue weighted by atomic mass is 9.80. The maximum atomic E-state index is 2.46. The molecule has 0 aliphatic carbocycles. The van der Waals surface area contributed by atoms with Crippen molar-refractivity contribution in [3.8, 4) is 55.6 Å². The predicted octanol–water partition coefficient (Wildman–Crippen LogP) is 18.1. The maximum absolute atomic E-state index is 2.46.